The van der Waals surface area contributed by atoms with Crippen LogP contribution in [0.3, 0.4) is 0 Å². The lowest BCUT2D eigenvalue weighted by Crippen LogP contribution is -2.43. The maximum atomic E-state index is 10.6. The molecule has 0 saturated carbocycles. The predicted molar refractivity (Wildman–Crippen MR) is 70.4 cm³/mol. The van der Waals surface area contributed by atoms with Crippen LogP contribution in [0, 0.1) is 5.92 Å². The molecule has 3 atom stereocenters. The van der Waals surface area contributed by atoms with Gasteiger partial charge in [0.15, 0.2) is 0 Å². The molecule has 2 heterocycles. The van der Waals surface area contributed by atoms with E-state index in [2.05, 4.69) is 29.6 Å². The number of hydrogen-bond acceptors (Lipinski definition) is 3. The van der Waals surface area contributed by atoms with Gasteiger partial charge < -0.3 is 15.2 Å². The number of rotatable bonds is 2. The highest BCUT2D eigenvalue weighted by molar-refractivity contribution is 5.33. The van der Waals surface area contributed by atoms with E-state index in [0.717, 1.165) is 32.4 Å². The van der Waals surface area contributed by atoms with E-state index in [-0.39, 0.29) is 18.1 Å². The molecule has 0 amide bonds. The van der Waals surface area contributed by atoms with Crippen LogP contribution >= 0.6 is 0 Å². The maximum absolute atomic E-state index is 10.6. The van der Waals surface area contributed by atoms with Crippen LogP contribution in [-0.2, 0) is 11.2 Å². The van der Waals surface area contributed by atoms with Crippen LogP contribution in [0.15, 0.2) is 24.3 Å². The fourth-order valence-corrected chi connectivity index (χ4v) is 3.15. The van der Waals surface area contributed by atoms with E-state index in [4.69, 9.17) is 4.74 Å². The third-order valence-electron chi connectivity index (χ3n) is 4.17. The zero-order valence-electron chi connectivity index (χ0n) is 10.6. The maximum Gasteiger partial charge on any atom is 0.0785 e. The average Bonchev–Trinajstić information content (AvgIpc) is 2.47. The van der Waals surface area contributed by atoms with E-state index in [1.165, 1.54) is 11.1 Å². The Kier molecular flexibility index (Phi) is 3.64. The molecule has 2 N–H and O–H groups in total. The van der Waals surface area contributed by atoms with Crippen molar-refractivity contribution in [2.24, 2.45) is 5.92 Å². The zero-order valence-corrected chi connectivity index (χ0v) is 10.6. The molecule has 18 heavy (non-hydrogen) atoms. The van der Waals surface area contributed by atoms with Crippen molar-refractivity contribution in [2.45, 2.75) is 31.4 Å². The molecular formula is C15H21NO2. The van der Waals surface area contributed by atoms with Gasteiger partial charge in [-0.25, -0.2) is 0 Å². The molecule has 0 aliphatic carbocycles. The molecule has 3 heteroatoms. The Hall–Kier alpha value is -0.900. The van der Waals surface area contributed by atoms with E-state index in [1.807, 2.05) is 0 Å². The number of aliphatic hydroxyl groups is 1. The molecule has 0 radical (unpaired) electrons. The monoisotopic (exact) mass is 247 g/mol. The summed E-state index contributed by atoms with van der Waals surface area (Å²) in [6.45, 7) is 2.49. The molecular weight excluding hydrogens is 226 g/mol. The molecule has 0 aromatic heterocycles. The summed E-state index contributed by atoms with van der Waals surface area (Å²) in [4.78, 5) is 0. The van der Waals surface area contributed by atoms with Gasteiger partial charge in [-0.05, 0) is 36.9 Å². The van der Waals surface area contributed by atoms with E-state index in [9.17, 15) is 5.11 Å². The van der Waals surface area contributed by atoms with Gasteiger partial charge in [0.05, 0.1) is 18.8 Å². The fourth-order valence-electron chi connectivity index (χ4n) is 3.15. The van der Waals surface area contributed by atoms with Crippen LogP contribution in [0.25, 0.3) is 0 Å². The van der Waals surface area contributed by atoms with Crippen molar-refractivity contribution in [1.82, 2.24) is 5.32 Å². The standard InChI is InChI=1S/C15H21NO2/c17-15(12-5-3-9-18-10-12)14-13-6-2-1-4-11(13)7-8-16-14/h1-2,4,6,12,14-17H,3,5,7-10H2. The summed E-state index contributed by atoms with van der Waals surface area (Å²) in [5.74, 6) is 0.266. The second-order valence-corrected chi connectivity index (χ2v) is 5.35. The zero-order chi connectivity index (χ0) is 12.4. The smallest absolute Gasteiger partial charge is 0.0785 e. The number of nitrogens with one attached hydrogen (secondary N) is 1. The van der Waals surface area contributed by atoms with Crippen molar-refractivity contribution in [1.29, 1.82) is 0 Å². The Balaban J connectivity index is 1.80. The Bertz CT molecular complexity index is 401. The van der Waals surface area contributed by atoms with Gasteiger partial charge in [0.1, 0.15) is 0 Å². The van der Waals surface area contributed by atoms with E-state index >= 15 is 0 Å². The van der Waals surface area contributed by atoms with Crippen molar-refractivity contribution >= 4 is 0 Å². The van der Waals surface area contributed by atoms with Crippen LogP contribution < -0.4 is 5.32 Å². The van der Waals surface area contributed by atoms with Gasteiger partial charge in [0.2, 0.25) is 0 Å². The van der Waals surface area contributed by atoms with Gasteiger partial charge in [-0.3, -0.25) is 0 Å². The lowest BCUT2D eigenvalue weighted by Gasteiger charge is -2.36. The van der Waals surface area contributed by atoms with Crippen LogP contribution in [0.2, 0.25) is 0 Å². The number of hydrogen-bond donors (Lipinski definition) is 2. The first kappa shape index (κ1) is 12.2. The first-order valence-electron chi connectivity index (χ1n) is 6.93. The molecule has 1 saturated heterocycles. The predicted octanol–water partition coefficient (Wildman–Crippen LogP) is 1.66. The third kappa shape index (κ3) is 2.30. The minimum atomic E-state index is -0.341. The van der Waals surface area contributed by atoms with E-state index in [0.29, 0.717) is 6.61 Å². The molecule has 1 aromatic rings. The normalized spacial score (nSPS) is 29.6. The molecule has 1 aromatic carbocycles. The summed E-state index contributed by atoms with van der Waals surface area (Å²) in [7, 11) is 0. The number of aliphatic hydroxyl groups excluding tert-OH is 1. The molecule has 3 nitrogen and oxygen atoms in total. The van der Waals surface area contributed by atoms with Crippen molar-refractivity contribution in [3.8, 4) is 0 Å². The molecule has 98 valence electrons. The van der Waals surface area contributed by atoms with Gasteiger partial charge in [-0.1, -0.05) is 24.3 Å². The summed E-state index contributed by atoms with van der Waals surface area (Å²) in [6.07, 6.45) is 2.85. The average molecular weight is 247 g/mol. The van der Waals surface area contributed by atoms with Crippen molar-refractivity contribution in [3.05, 3.63) is 35.4 Å². The van der Waals surface area contributed by atoms with E-state index < -0.39 is 0 Å². The van der Waals surface area contributed by atoms with Crippen molar-refractivity contribution < 1.29 is 9.84 Å². The summed E-state index contributed by atoms with van der Waals surface area (Å²) < 4.78 is 5.49. The van der Waals surface area contributed by atoms with Gasteiger partial charge in [-0.15, -0.1) is 0 Å². The first-order chi connectivity index (χ1) is 8.86. The van der Waals surface area contributed by atoms with Gasteiger partial charge in [0.25, 0.3) is 0 Å². The summed E-state index contributed by atoms with van der Waals surface area (Å²) in [5, 5.41) is 14.1. The number of ether oxygens (including phenoxy) is 1. The quantitative estimate of drug-likeness (QED) is 0.835. The van der Waals surface area contributed by atoms with Crippen molar-refractivity contribution in [2.75, 3.05) is 19.8 Å². The minimum absolute atomic E-state index is 0.0710. The molecule has 3 rings (SSSR count). The van der Waals surface area contributed by atoms with E-state index in [1.54, 1.807) is 0 Å². The summed E-state index contributed by atoms with van der Waals surface area (Å²) in [6, 6.07) is 8.52. The Morgan fingerprint density at radius 3 is 3.06 bits per heavy atom. The highest BCUT2D eigenvalue weighted by atomic mass is 16.5. The first-order valence-corrected chi connectivity index (χ1v) is 6.93. The molecule has 0 spiro atoms. The topological polar surface area (TPSA) is 41.5 Å². The molecule has 1 fully saturated rings. The SMILES string of the molecule is OC(C1CCCOC1)C1NCCc2ccccc21. The largest absolute Gasteiger partial charge is 0.391 e. The van der Waals surface area contributed by atoms with Crippen LogP contribution in [0.5, 0.6) is 0 Å². The Morgan fingerprint density at radius 2 is 2.22 bits per heavy atom. The third-order valence-corrected chi connectivity index (χ3v) is 4.17. The van der Waals surface area contributed by atoms with Gasteiger partial charge >= 0.3 is 0 Å². The number of fused-ring (bicyclic) bond motifs is 1. The highest BCUT2D eigenvalue weighted by Gasteiger charge is 2.32. The fraction of sp³-hybridized carbons (Fsp3) is 0.600. The van der Waals surface area contributed by atoms with Gasteiger partial charge in [-0.2, -0.15) is 0 Å². The van der Waals surface area contributed by atoms with Crippen LogP contribution in [-0.4, -0.2) is 31.0 Å². The summed E-state index contributed by atoms with van der Waals surface area (Å²) >= 11 is 0. The molecule has 2 aliphatic heterocycles. The van der Waals surface area contributed by atoms with Crippen LogP contribution in [0.4, 0.5) is 0 Å². The highest BCUT2D eigenvalue weighted by Crippen LogP contribution is 2.31. The Labute approximate surface area is 108 Å². The molecule has 3 unspecified atom stereocenters. The second kappa shape index (κ2) is 5.39. The molecule has 2 aliphatic rings. The lowest BCUT2D eigenvalue weighted by molar-refractivity contribution is -0.0249. The molecule has 0 bridgehead atoms. The second-order valence-electron chi connectivity index (χ2n) is 5.35. The van der Waals surface area contributed by atoms with Crippen LogP contribution in [0.1, 0.15) is 30.0 Å². The number of benzene rings is 1. The van der Waals surface area contributed by atoms with Gasteiger partial charge in [0, 0.05) is 12.5 Å². The summed E-state index contributed by atoms with van der Waals surface area (Å²) in [5.41, 5.74) is 2.64. The Morgan fingerprint density at radius 1 is 1.33 bits per heavy atom. The lowest BCUT2D eigenvalue weighted by atomic mass is 9.84. The van der Waals surface area contributed by atoms with Crippen molar-refractivity contribution in [3.63, 3.8) is 0 Å². The minimum Gasteiger partial charge on any atom is -0.391 e.